The van der Waals surface area contributed by atoms with Crippen LogP contribution in [0.3, 0.4) is 0 Å². The first-order chi connectivity index (χ1) is 19.2. The predicted molar refractivity (Wildman–Crippen MR) is 165 cm³/mol. The molecule has 2 aromatic heterocycles. The number of hydrogen-bond donors (Lipinski definition) is 0. The molecule has 8 rings (SSSR count). The molecule has 2 heterocycles. The molecule has 0 spiro atoms. The van der Waals surface area contributed by atoms with E-state index in [1.807, 2.05) is 72.8 Å². The molecule has 39 heavy (non-hydrogen) atoms. The van der Waals surface area contributed by atoms with Crippen LogP contribution < -0.4 is 15.9 Å². The molecule has 0 aliphatic heterocycles. The molecule has 0 saturated heterocycles. The van der Waals surface area contributed by atoms with Gasteiger partial charge in [-0.3, -0.25) is 4.40 Å². The van der Waals surface area contributed by atoms with Gasteiger partial charge in [0.15, 0.2) is 7.14 Å². The Morgan fingerprint density at radius 2 is 1.15 bits per heavy atom. The van der Waals surface area contributed by atoms with E-state index in [0.717, 1.165) is 43.5 Å². The molecule has 0 aliphatic carbocycles. The van der Waals surface area contributed by atoms with Gasteiger partial charge < -0.3 is 4.57 Å². The van der Waals surface area contributed by atoms with Gasteiger partial charge in [0.2, 0.25) is 0 Å². The van der Waals surface area contributed by atoms with E-state index in [1.165, 1.54) is 21.5 Å². The second-order valence-corrected chi connectivity index (χ2v) is 12.7. The zero-order chi connectivity index (χ0) is 26.0. The van der Waals surface area contributed by atoms with Crippen LogP contribution >= 0.6 is 7.14 Å². The van der Waals surface area contributed by atoms with E-state index in [-0.39, 0.29) is 0 Å². The minimum absolute atomic E-state index is 0.787. The first kappa shape index (κ1) is 22.3. The Morgan fingerprint density at radius 1 is 0.513 bits per heavy atom. The smallest absolute Gasteiger partial charge is 0.171 e. The highest BCUT2D eigenvalue weighted by molar-refractivity contribution is 7.85. The zero-order valence-corrected chi connectivity index (χ0v) is 21.9. The molecule has 0 radical (unpaired) electrons. The van der Waals surface area contributed by atoms with E-state index < -0.39 is 7.14 Å². The van der Waals surface area contributed by atoms with E-state index in [4.69, 9.17) is 4.98 Å². The monoisotopic (exact) mass is 518 g/mol. The maximum atomic E-state index is 15.0. The van der Waals surface area contributed by atoms with Crippen molar-refractivity contribution in [2.75, 3.05) is 0 Å². The average Bonchev–Trinajstić information content (AvgIpc) is 3.40. The number of pyridine rings is 1. The van der Waals surface area contributed by atoms with Crippen LogP contribution in [-0.4, -0.2) is 9.38 Å². The third kappa shape index (κ3) is 3.17. The normalized spacial score (nSPS) is 12.2. The fourth-order valence-electron chi connectivity index (χ4n) is 6.04. The van der Waals surface area contributed by atoms with E-state index >= 15 is 4.57 Å². The van der Waals surface area contributed by atoms with Gasteiger partial charge in [0, 0.05) is 32.1 Å². The van der Waals surface area contributed by atoms with Crippen molar-refractivity contribution in [1.82, 2.24) is 9.38 Å². The van der Waals surface area contributed by atoms with Crippen LogP contribution in [0, 0.1) is 0 Å². The second-order valence-electron chi connectivity index (χ2n) is 9.95. The molecule has 0 bridgehead atoms. The lowest BCUT2D eigenvalue weighted by atomic mass is 9.99. The maximum absolute atomic E-state index is 15.0. The number of benzene rings is 6. The van der Waals surface area contributed by atoms with Gasteiger partial charge in [-0.15, -0.1) is 0 Å². The highest BCUT2D eigenvalue weighted by Gasteiger charge is 2.30. The average molecular weight is 519 g/mol. The minimum atomic E-state index is -3.10. The van der Waals surface area contributed by atoms with Crippen LogP contribution in [0.25, 0.3) is 49.1 Å². The highest BCUT2D eigenvalue weighted by atomic mass is 31.2. The van der Waals surface area contributed by atoms with E-state index in [2.05, 4.69) is 71.1 Å². The van der Waals surface area contributed by atoms with Gasteiger partial charge >= 0.3 is 0 Å². The molecule has 3 nitrogen and oxygen atoms in total. The summed E-state index contributed by atoms with van der Waals surface area (Å²) in [5.41, 5.74) is 3.87. The number of hydrogen-bond acceptors (Lipinski definition) is 2. The lowest BCUT2D eigenvalue weighted by Gasteiger charge is -2.20. The lowest BCUT2D eigenvalue weighted by molar-refractivity contribution is 0.592. The first-order valence-electron chi connectivity index (χ1n) is 13.1. The largest absolute Gasteiger partial charge is 0.309 e. The van der Waals surface area contributed by atoms with Crippen molar-refractivity contribution in [2.24, 2.45) is 0 Å². The van der Waals surface area contributed by atoms with Gasteiger partial charge in [-0.2, -0.15) is 0 Å². The highest BCUT2D eigenvalue weighted by Crippen LogP contribution is 2.43. The van der Waals surface area contributed by atoms with Crippen molar-refractivity contribution in [3.05, 3.63) is 140 Å². The van der Waals surface area contributed by atoms with Crippen molar-refractivity contribution in [2.45, 2.75) is 0 Å². The molecule has 6 aromatic carbocycles. The number of nitrogens with zero attached hydrogens (tertiary/aromatic N) is 2. The number of fused-ring (bicyclic) bond motifs is 10. The molecule has 0 amide bonds. The molecular formula is C35H23N2OP. The first-order valence-corrected chi connectivity index (χ1v) is 14.8. The van der Waals surface area contributed by atoms with Crippen molar-refractivity contribution in [1.29, 1.82) is 0 Å². The van der Waals surface area contributed by atoms with Crippen LogP contribution in [0.2, 0.25) is 0 Å². The van der Waals surface area contributed by atoms with Gasteiger partial charge in [-0.05, 0) is 41.1 Å². The van der Waals surface area contributed by atoms with E-state index in [0.29, 0.717) is 0 Å². The number of imidazole rings is 1. The summed E-state index contributed by atoms with van der Waals surface area (Å²) in [6, 6.07) is 47.2. The summed E-state index contributed by atoms with van der Waals surface area (Å²) in [5.74, 6) is 0. The quantitative estimate of drug-likeness (QED) is 0.178. The lowest BCUT2D eigenvalue weighted by Crippen LogP contribution is -2.24. The fraction of sp³-hybridized carbons (Fsp3) is 0. The minimum Gasteiger partial charge on any atom is -0.309 e. The molecule has 0 aliphatic rings. The zero-order valence-electron chi connectivity index (χ0n) is 21.0. The number of para-hydroxylation sites is 1. The third-order valence-electron chi connectivity index (χ3n) is 7.83. The molecule has 4 heteroatoms. The summed E-state index contributed by atoms with van der Waals surface area (Å²) in [7, 11) is -3.10. The summed E-state index contributed by atoms with van der Waals surface area (Å²) in [4.78, 5) is 5.20. The van der Waals surface area contributed by atoms with Crippen LogP contribution in [0.1, 0.15) is 0 Å². The Kier molecular flexibility index (Phi) is 4.79. The van der Waals surface area contributed by atoms with Crippen molar-refractivity contribution >= 4 is 72.2 Å². The summed E-state index contributed by atoms with van der Waals surface area (Å²) in [6.07, 6.45) is 0. The molecule has 0 saturated carbocycles. The van der Waals surface area contributed by atoms with Crippen molar-refractivity contribution < 1.29 is 4.57 Å². The standard InChI is InChI=1S/C35H23N2OP/c38-39(25-12-3-1-4-13-25,26-14-5-2-6-15-26)27-20-22-33-31(23-27)36-35-30-21-19-24-11-7-8-16-28(24)34(30)29-17-9-10-18-32(29)37(33)35/h1-23H. The molecule has 184 valence electrons. The van der Waals surface area contributed by atoms with Gasteiger partial charge in [0.1, 0.15) is 5.65 Å². The number of rotatable bonds is 3. The Balaban J connectivity index is 1.49. The van der Waals surface area contributed by atoms with Gasteiger partial charge in [-0.25, -0.2) is 4.98 Å². The molecule has 0 fully saturated rings. The van der Waals surface area contributed by atoms with Crippen LogP contribution in [0.5, 0.6) is 0 Å². The molecular weight excluding hydrogens is 495 g/mol. The van der Waals surface area contributed by atoms with Crippen LogP contribution in [-0.2, 0) is 4.57 Å². The van der Waals surface area contributed by atoms with Gasteiger partial charge in [0.05, 0.1) is 16.6 Å². The Hall–Kier alpha value is -4.72. The summed E-state index contributed by atoms with van der Waals surface area (Å²) in [5, 5.41) is 8.38. The molecule has 8 aromatic rings. The Labute approximate surface area is 225 Å². The SMILES string of the molecule is O=P(c1ccccc1)(c1ccccc1)c1ccc2c(c1)nc1c3ccc4ccccc4c3c3ccccc3n21. The van der Waals surface area contributed by atoms with Crippen LogP contribution in [0.15, 0.2) is 140 Å². The fourth-order valence-corrected chi connectivity index (χ4v) is 8.71. The second kappa shape index (κ2) is 8.39. The third-order valence-corrected chi connectivity index (χ3v) is 10.9. The molecule has 0 atom stereocenters. The molecule has 0 N–H and O–H groups in total. The Bertz CT molecular complexity index is 2210. The maximum Gasteiger partial charge on any atom is 0.171 e. The van der Waals surface area contributed by atoms with Gasteiger partial charge in [-0.1, -0.05) is 109 Å². The van der Waals surface area contributed by atoms with Crippen LogP contribution in [0.4, 0.5) is 0 Å². The molecule has 0 unspecified atom stereocenters. The summed E-state index contributed by atoms with van der Waals surface area (Å²) in [6.45, 7) is 0. The van der Waals surface area contributed by atoms with Crippen molar-refractivity contribution in [3.63, 3.8) is 0 Å². The van der Waals surface area contributed by atoms with E-state index in [9.17, 15) is 0 Å². The topological polar surface area (TPSA) is 34.4 Å². The predicted octanol–water partition coefficient (Wildman–Crippen LogP) is 7.59. The Morgan fingerprint density at radius 3 is 1.90 bits per heavy atom. The van der Waals surface area contributed by atoms with E-state index in [1.54, 1.807) is 0 Å². The summed E-state index contributed by atoms with van der Waals surface area (Å²) >= 11 is 0. The number of aromatic nitrogens is 2. The summed E-state index contributed by atoms with van der Waals surface area (Å²) < 4.78 is 17.3. The van der Waals surface area contributed by atoms with Gasteiger partial charge in [0.25, 0.3) is 0 Å². The van der Waals surface area contributed by atoms with Crippen molar-refractivity contribution in [3.8, 4) is 0 Å².